The van der Waals surface area contributed by atoms with E-state index in [1.807, 2.05) is 32.9 Å². The number of hydrogen-bond acceptors (Lipinski definition) is 2. The van der Waals surface area contributed by atoms with E-state index in [4.69, 9.17) is 0 Å². The molecule has 0 aliphatic carbocycles. The molecule has 0 aliphatic rings. The summed E-state index contributed by atoms with van der Waals surface area (Å²) in [5, 5.41) is 0. The lowest BCUT2D eigenvalue weighted by molar-refractivity contribution is 0.587. The van der Waals surface area contributed by atoms with Crippen LogP contribution in [0.15, 0.2) is 22.7 Å². The Labute approximate surface area is 105 Å². The van der Waals surface area contributed by atoms with E-state index in [0.29, 0.717) is 5.69 Å². The Kier molecular flexibility index (Phi) is 4.38. The molecule has 1 N–H and O–H groups in total. The first-order valence-corrected chi connectivity index (χ1v) is 7.51. The Morgan fingerprint density at radius 3 is 2.50 bits per heavy atom. The average Bonchev–Trinajstić information content (AvgIpc) is 2.07. The molecule has 90 valence electrons. The fraction of sp³-hybridized carbons (Fsp3) is 0.455. The minimum absolute atomic E-state index is 0.119. The van der Waals surface area contributed by atoms with E-state index in [1.54, 1.807) is 6.07 Å². The molecule has 1 rings (SSSR count). The maximum absolute atomic E-state index is 11.7. The Morgan fingerprint density at radius 1 is 1.38 bits per heavy atom. The molecule has 1 aromatic rings. The van der Waals surface area contributed by atoms with Crippen LogP contribution in [0.4, 0.5) is 5.69 Å². The fourth-order valence-electron chi connectivity index (χ4n) is 1.39. The number of halogens is 1. The first kappa shape index (κ1) is 13.5. The van der Waals surface area contributed by atoms with E-state index < -0.39 is 10.0 Å². The van der Waals surface area contributed by atoms with Crippen molar-refractivity contribution in [3.05, 3.63) is 28.2 Å². The van der Waals surface area contributed by atoms with Gasteiger partial charge >= 0.3 is 0 Å². The van der Waals surface area contributed by atoms with E-state index in [9.17, 15) is 8.42 Å². The molecule has 0 aromatic heterocycles. The van der Waals surface area contributed by atoms with Crippen molar-refractivity contribution in [1.82, 2.24) is 0 Å². The van der Waals surface area contributed by atoms with Gasteiger partial charge in [-0.05, 0) is 36.6 Å². The molecule has 0 amide bonds. The molecule has 0 bridgehead atoms. The third-order valence-corrected chi connectivity index (χ3v) is 4.14. The quantitative estimate of drug-likeness (QED) is 0.929. The summed E-state index contributed by atoms with van der Waals surface area (Å²) < 4.78 is 27.0. The van der Waals surface area contributed by atoms with Crippen molar-refractivity contribution >= 4 is 31.6 Å². The molecule has 0 fully saturated rings. The van der Waals surface area contributed by atoms with Gasteiger partial charge in [-0.2, -0.15) is 0 Å². The molecule has 16 heavy (non-hydrogen) atoms. The summed E-state index contributed by atoms with van der Waals surface area (Å²) in [5.41, 5.74) is 1.55. The third-order valence-electron chi connectivity index (χ3n) is 2.01. The van der Waals surface area contributed by atoms with Gasteiger partial charge in [0.2, 0.25) is 10.0 Å². The lowest BCUT2D eigenvalue weighted by atomic mass is 10.2. The lowest BCUT2D eigenvalue weighted by Crippen LogP contribution is -2.20. The molecule has 0 radical (unpaired) electrons. The van der Waals surface area contributed by atoms with Crippen molar-refractivity contribution in [3.63, 3.8) is 0 Å². The van der Waals surface area contributed by atoms with E-state index in [2.05, 4.69) is 20.7 Å². The molecule has 0 heterocycles. The van der Waals surface area contributed by atoms with Gasteiger partial charge in [0, 0.05) is 4.47 Å². The minimum Gasteiger partial charge on any atom is -0.283 e. The molecule has 0 unspecified atom stereocenters. The Morgan fingerprint density at radius 2 is 2.00 bits per heavy atom. The minimum atomic E-state index is -3.23. The Balaban J connectivity index is 2.88. The number of sulfonamides is 1. The highest BCUT2D eigenvalue weighted by molar-refractivity contribution is 9.10. The smallest absolute Gasteiger partial charge is 0.232 e. The average molecular weight is 306 g/mol. The zero-order valence-electron chi connectivity index (χ0n) is 9.62. The van der Waals surface area contributed by atoms with Crippen LogP contribution in [0.1, 0.15) is 19.4 Å². The second-order valence-corrected chi connectivity index (χ2v) is 6.92. The summed E-state index contributed by atoms with van der Waals surface area (Å²) in [4.78, 5) is 0. The maximum Gasteiger partial charge on any atom is 0.232 e. The topological polar surface area (TPSA) is 46.2 Å². The predicted molar refractivity (Wildman–Crippen MR) is 71.1 cm³/mol. The van der Waals surface area contributed by atoms with Gasteiger partial charge in [0.25, 0.3) is 0 Å². The molecule has 0 saturated carbocycles. The number of benzene rings is 1. The van der Waals surface area contributed by atoms with Crippen molar-refractivity contribution in [3.8, 4) is 0 Å². The van der Waals surface area contributed by atoms with Crippen LogP contribution < -0.4 is 4.72 Å². The van der Waals surface area contributed by atoms with Crippen LogP contribution >= 0.6 is 15.9 Å². The van der Waals surface area contributed by atoms with Gasteiger partial charge in [0.15, 0.2) is 0 Å². The highest BCUT2D eigenvalue weighted by Gasteiger charge is 2.13. The van der Waals surface area contributed by atoms with Gasteiger partial charge in [-0.1, -0.05) is 29.8 Å². The molecule has 0 atom stereocenters. The highest BCUT2D eigenvalue weighted by Crippen LogP contribution is 2.21. The number of nitrogens with one attached hydrogen (secondary N) is 1. The summed E-state index contributed by atoms with van der Waals surface area (Å²) in [6.07, 6.45) is 0. The largest absolute Gasteiger partial charge is 0.283 e. The molecular weight excluding hydrogens is 290 g/mol. The monoisotopic (exact) mass is 305 g/mol. The van der Waals surface area contributed by atoms with E-state index in [1.165, 1.54) is 0 Å². The molecule has 5 heteroatoms. The van der Waals surface area contributed by atoms with Crippen molar-refractivity contribution in [2.45, 2.75) is 20.8 Å². The number of hydrogen-bond donors (Lipinski definition) is 1. The van der Waals surface area contributed by atoms with Crippen molar-refractivity contribution in [1.29, 1.82) is 0 Å². The van der Waals surface area contributed by atoms with E-state index in [0.717, 1.165) is 10.0 Å². The standard InChI is InChI=1S/C11H16BrNO2S/c1-8(2)7-16(14,15)13-11-5-4-10(12)6-9(11)3/h4-6,8,13H,7H2,1-3H3. The number of anilines is 1. The zero-order valence-corrected chi connectivity index (χ0v) is 12.0. The Bertz CT molecular complexity index is 469. The van der Waals surface area contributed by atoms with Crippen molar-refractivity contribution in [2.24, 2.45) is 5.92 Å². The van der Waals surface area contributed by atoms with Crippen molar-refractivity contribution in [2.75, 3.05) is 10.5 Å². The SMILES string of the molecule is Cc1cc(Br)ccc1NS(=O)(=O)CC(C)C. The first-order valence-electron chi connectivity index (χ1n) is 5.07. The molecule has 0 saturated heterocycles. The van der Waals surface area contributed by atoms with Crippen LogP contribution in [-0.2, 0) is 10.0 Å². The molecule has 0 spiro atoms. The summed E-state index contributed by atoms with van der Waals surface area (Å²) in [7, 11) is -3.23. The van der Waals surface area contributed by atoms with Gasteiger partial charge in [0.05, 0.1) is 11.4 Å². The third kappa shape index (κ3) is 4.14. The zero-order chi connectivity index (χ0) is 12.3. The van der Waals surface area contributed by atoms with Gasteiger partial charge in [-0.15, -0.1) is 0 Å². The van der Waals surface area contributed by atoms with Crippen LogP contribution in [0.2, 0.25) is 0 Å². The Hall–Kier alpha value is -0.550. The van der Waals surface area contributed by atoms with Crippen LogP contribution in [-0.4, -0.2) is 14.2 Å². The van der Waals surface area contributed by atoms with Gasteiger partial charge < -0.3 is 0 Å². The van der Waals surface area contributed by atoms with Crippen molar-refractivity contribution < 1.29 is 8.42 Å². The summed E-state index contributed by atoms with van der Waals surface area (Å²) >= 11 is 3.34. The van der Waals surface area contributed by atoms with Gasteiger partial charge in [0.1, 0.15) is 0 Å². The summed E-state index contributed by atoms with van der Waals surface area (Å²) in [6, 6.07) is 5.46. The lowest BCUT2D eigenvalue weighted by Gasteiger charge is -2.12. The number of aryl methyl sites for hydroxylation is 1. The van der Waals surface area contributed by atoms with Crippen LogP contribution in [0.3, 0.4) is 0 Å². The molecule has 1 aromatic carbocycles. The van der Waals surface area contributed by atoms with Crippen LogP contribution in [0.25, 0.3) is 0 Å². The fourth-order valence-corrected chi connectivity index (χ4v) is 3.39. The van der Waals surface area contributed by atoms with E-state index in [-0.39, 0.29) is 11.7 Å². The predicted octanol–water partition coefficient (Wildman–Crippen LogP) is 3.16. The molecule has 0 aliphatic heterocycles. The number of rotatable bonds is 4. The maximum atomic E-state index is 11.7. The molecule has 3 nitrogen and oxygen atoms in total. The first-order chi connectivity index (χ1) is 7.30. The second kappa shape index (κ2) is 5.19. The summed E-state index contributed by atoms with van der Waals surface area (Å²) in [6.45, 7) is 5.64. The highest BCUT2D eigenvalue weighted by atomic mass is 79.9. The second-order valence-electron chi connectivity index (χ2n) is 4.24. The van der Waals surface area contributed by atoms with Gasteiger partial charge in [-0.25, -0.2) is 8.42 Å². The molecular formula is C11H16BrNO2S. The van der Waals surface area contributed by atoms with Crippen LogP contribution in [0.5, 0.6) is 0 Å². The van der Waals surface area contributed by atoms with E-state index >= 15 is 0 Å². The van der Waals surface area contributed by atoms with Crippen LogP contribution in [0, 0.1) is 12.8 Å². The normalized spacial score (nSPS) is 11.8. The summed E-state index contributed by atoms with van der Waals surface area (Å²) in [5.74, 6) is 0.260. The van der Waals surface area contributed by atoms with Gasteiger partial charge in [-0.3, -0.25) is 4.72 Å².